The smallest absolute Gasteiger partial charge is 0.254 e. The number of alkyl halides is 2. The summed E-state index contributed by atoms with van der Waals surface area (Å²) < 4.78 is 26.4. The van der Waals surface area contributed by atoms with Crippen LogP contribution in [0.2, 0.25) is 0 Å². The molecule has 106 valence electrons. The summed E-state index contributed by atoms with van der Waals surface area (Å²) in [7, 11) is 0. The van der Waals surface area contributed by atoms with Crippen molar-refractivity contribution in [2.45, 2.75) is 70.6 Å². The molecule has 1 saturated carbocycles. The predicted octanol–water partition coefficient (Wildman–Crippen LogP) is 4.47. The van der Waals surface area contributed by atoms with Crippen LogP contribution in [0.5, 0.6) is 0 Å². The van der Waals surface area contributed by atoms with Crippen molar-refractivity contribution >= 4 is 0 Å². The van der Waals surface area contributed by atoms with Gasteiger partial charge in [-0.05, 0) is 38.9 Å². The van der Waals surface area contributed by atoms with E-state index in [-0.39, 0.29) is 6.42 Å². The summed E-state index contributed by atoms with van der Waals surface area (Å²) in [6.45, 7) is 5.14. The maximum atomic E-state index is 13.2. The van der Waals surface area contributed by atoms with Crippen LogP contribution >= 0.6 is 0 Å². The Morgan fingerprint density at radius 2 is 1.50 bits per heavy atom. The lowest BCUT2D eigenvalue weighted by Crippen LogP contribution is -2.37. The van der Waals surface area contributed by atoms with Crippen molar-refractivity contribution < 1.29 is 8.78 Å². The molecule has 2 aliphatic rings. The molecule has 3 heteroatoms. The molecule has 0 radical (unpaired) electrons. The van der Waals surface area contributed by atoms with Crippen molar-refractivity contribution in [1.82, 2.24) is 4.90 Å². The highest BCUT2D eigenvalue weighted by Gasteiger charge is 2.70. The third-order valence-corrected chi connectivity index (χ3v) is 4.85. The summed E-state index contributed by atoms with van der Waals surface area (Å²) in [5, 5.41) is 0. The highest BCUT2D eigenvalue weighted by atomic mass is 19.3. The molecule has 2 fully saturated rings. The number of nitrogens with zero attached hydrogens (tertiary/aromatic N) is 1. The van der Waals surface area contributed by atoms with E-state index in [0.717, 1.165) is 32.5 Å². The van der Waals surface area contributed by atoms with Crippen molar-refractivity contribution in [2.24, 2.45) is 5.41 Å². The van der Waals surface area contributed by atoms with E-state index < -0.39 is 11.3 Å². The standard InChI is InChI=1S/C15H27F2N/c1-2-3-4-5-6-7-10-18-11-8-14(9-12-18)13-15(14,16)17/h2-13H2,1H3. The van der Waals surface area contributed by atoms with Crippen LogP contribution in [-0.2, 0) is 0 Å². The molecule has 0 aromatic rings. The Labute approximate surface area is 110 Å². The van der Waals surface area contributed by atoms with Crippen molar-refractivity contribution in [3.05, 3.63) is 0 Å². The van der Waals surface area contributed by atoms with Gasteiger partial charge in [0.2, 0.25) is 0 Å². The summed E-state index contributed by atoms with van der Waals surface area (Å²) in [5.74, 6) is -2.33. The van der Waals surface area contributed by atoms with Crippen LogP contribution < -0.4 is 0 Å². The largest absolute Gasteiger partial charge is 0.303 e. The Hall–Kier alpha value is -0.180. The second-order valence-electron chi connectivity index (χ2n) is 6.27. The average molecular weight is 259 g/mol. The summed E-state index contributed by atoms with van der Waals surface area (Å²) >= 11 is 0. The second-order valence-corrected chi connectivity index (χ2v) is 6.27. The normalized spacial score (nSPS) is 25.5. The number of rotatable bonds is 7. The van der Waals surface area contributed by atoms with Gasteiger partial charge in [-0.3, -0.25) is 0 Å². The quantitative estimate of drug-likeness (QED) is 0.610. The molecule has 0 aromatic heterocycles. The molecular formula is C15H27F2N. The van der Waals surface area contributed by atoms with E-state index in [1.165, 1.54) is 38.5 Å². The van der Waals surface area contributed by atoms with E-state index in [2.05, 4.69) is 11.8 Å². The van der Waals surface area contributed by atoms with Crippen LogP contribution in [0.15, 0.2) is 0 Å². The molecule has 1 saturated heterocycles. The van der Waals surface area contributed by atoms with Gasteiger partial charge in [0.1, 0.15) is 0 Å². The molecule has 0 amide bonds. The summed E-state index contributed by atoms with van der Waals surface area (Å²) in [5.41, 5.74) is -0.579. The predicted molar refractivity (Wildman–Crippen MR) is 71.0 cm³/mol. The number of halogens is 2. The first kappa shape index (κ1) is 14.2. The Bertz CT molecular complexity index is 257. The highest BCUT2D eigenvalue weighted by molar-refractivity contribution is 5.11. The maximum Gasteiger partial charge on any atom is 0.254 e. The molecule has 1 heterocycles. The van der Waals surface area contributed by atoms with Crippen molar-refractivity contribution in [3.63, 3.8) is 0 Å². The molecule has 2 rings (SSSR count). The minimum atomic E-state index is -2.33. The van der Waals surface area contributed by atoms with Crippen LogP contribution in [0.25, 0.3) is 0 Å². The first-order chi connectivity index (χ1) is 8.60. The van der Waals surface area contributed by atoms with Gasteiger partial charge >= 0.3 is 0 Å². The Morgan fingerprint density at radius 1 is 0.944 bits per heavy atom. The zero-order chi connectivity index (χ0) is 13.1. The lowest BCUT2D eigenvalue weighted by atomic mass is 9.92. The first-order valence-corrected chi connectivity index (χ1v) is 7.70. The minimum absolute atomic E-state index is 0.158. The molecule has 1 spiro atoms. The number of likely N-dealkylation sites (tertiary alicyclic amines) is 1. The fourth-order valence-corrected chi connectivity index (χ4v) is 3.24. The minimum Gasteiger partial charge on any atom is -0.303 e. The molecule has 0 unspecified atom stereocenters. The number of hydrogen-bond acceptors (Lipinski definition) is 1. The fraction of sp³-hybridized carbons (Fsp3) is 1.00. The van der Waals surface area contributed by atoms with E-state index in [1.807, 2.05) is 0 Å². The van der Waals surface area contributed by atoms with Crippen LogP contribution in [0.4, 0.5) is 8.78 Å². The zero-order valence-corrected chi connectivity index (χ0v) is 11.7. The van der Waals surface area contributed by atoms with Gasteiger partial charge in [0.05, 0.1) is 0 Å². The molecule has 1 nitrogen and oxygen atoms in total. The van der Waals surface area contributed by atoms with Gasteiger partial charge in [0, 0.05) is 11.8 Å². The first-order valence-electron chi connectivity index (χ1n) is 7.70. The Kier molecular flexibility index (Phi) is 4.63. The third kappa shape index (κ3) is 3.23. The van der Waals surface area contributed by atoms with Gasteiger partial charge in [-0.15, -0.1) is 0 Å². The average Bonchev–Trinajstić information content (AvgIpc) is 2.87. The van der Waals surface area contributed by atoms with Gasteiger partial charge in [0.25, 0.3) is 5.92 Å². The molecule has 0 N–H and O–H groups in total. The molecule has 18 heavy (non-hydrogen) atoms. The number of hydrogen-bond donors (Lipinski definition) is 0. The van der Waals surface area contributed by atoms with Gasteiger partial charge in [-0.25, -0.2) is 8.78 Å². The van der Waals surface area contributed by atoms with Crippen LogP contribution in [0, 0.1) is 5.41 Å². The van der Waals surface area contributed by atoms with Gasteiger partial charge in [-0.1, -0.05) is 39.0 Å². The molecule has 0 aromatic carbocycles. The van der Waals surface area contributed by atoms with Gasteiger partial charge in [0.15, 0.2) is 0 Å². The monoisotopic (exact) mass is 259 g/mol. The van der Waals surface area contributed by atoms with E-state index in [0.29, 0.717) is 0 Å². The van der Waals surface area contributed by atoms with Gasteiger partial charge in [-0.2, -0.15) is 0 Å². The molecule has 0 bridgehead atoms. The SMILES string of the molecule is CCCCCCCCN1CCC2(CC1)CC2(F)F. The lowest BCUT2D eigenvalue weighted by molar-refractivity contribution is 0.0311. The molecule has 1 aliphatic heterocycles. The number of piperidine rings is 1. The highest BCUT2D eigenvalue weighted by Crippen LogP contribution is 2.65. The third-order valence-electron chi connectivity index (χ3n) is 4.85. The topological polar surface area (TPSA) is 3.24 Å². The maximum absolute atomic E-state index is 13.2. The van der Waals surface area contributed by atoms with Crippen LogP contribution in [0.3, 0.4) is 0 Å². The van der Waals surface area contributed by atoms with Crippen molar-refractivity contribution in [1.29, 1.82) is 0 Å². The van der Waals surface area contributed by atoms with Crippen molar-refractivity contribution in [2.75, 3.05) is 19.6 Å². The zero-order valence-electron chi connectivity index (χ0n) is 11.7. The van der Waals surface area contributed by atoms with E-state index in [1.54, 1.807) is 0 Å². The lowest BCUT2D eigenvalue weighted by Gasteiger charge is -2.32. The summed E-state index contributed by atoms with van der Waals surface area (Å²) in [6.07, 6.45) is 9.47. The molecule has 1 aliphatic carbocycles. The molecule has 0 atom stereocenters. The van der Waals surface area contributed by atoms with Crippen LogP contribution in [-0.4, -0.2) is 30.5 Å². The second kappa shape index (κ2) is 5.85. The van der Waals surface area contributed by atoms with Gasteiger partial charge < -0.3 is 4.90 Å². The Morgan fingerprint density at radius 3 is 2.06 bits per heavy atom. The summed E-state index contributed by atoms with van der Waals surface area (Å²) in [4.78, 5) is 2.39. The van der Waals surface area contributed by atoms with E-state index >= 15 is 0 Å². The van der Waals surface area contributed by atoms with Crippen LogP contribution in [0.1, 0.15) is 64.7 Å². The van der Waals surface area contributed by atoms with E-state index in [9.17, 15) is 8.78 Å². The number of unbranched alkanes of at least 4 members (excludes halogenated alkanes) is 5. The van der Waals surface area contributed by atoms with Crippen molar-refractivity contribution in [3.8, 4) is 0 Å². The summed E-state index contributed by atoms with van der Waals surface area (Å²) in [6, 6.07) is 0. The fourth-order valence-electron chi connectivity index (χ4n) is 3.24. The molecular weight excluding hydrogens is 232 g/mol. The van der Waals surface area contributed by atoms with E-state index in [4.69, 9.17) is 0 Å². The Balaban J connectivity index is 1.52.